The molecule has 0 aromatic heterocycles. The minimum absolute atomic E-state index is 0.126. The smallest absolute Gasteiger partial charge is 0.266 e. The van der Waals surface area contributed by atoms with Crippen LogP contribution in [0.25, 0.3) is 6.08 Å². The Labute approximate surface area is 232 Å². The average molecular weight is 554 g/mol. The fraction of sp³-hybridized carbons (Fsp3) is 0.241. The maximum Gasteiger partial charge on any atom is 0.266 e. The molecule has 4 rings (SSSR count). The van der Waals surface area contributed by atoms with Gasteiger partial charge in [0.2, 0.25) is 0 Å². The lowest BCUT2D eigenvalue weighted by Gasteiger charge is -2.14. The van der Waals surface area contributed by atoms with Crippen LogP contribution in [-0.4, -0.2) is 35.5 Å². The number of carbonyl (C=O) groups is 1. The molecular formula is C29H28ClNO4S2. The molecule has 5 nitrogen and oxygen atoms in total. The highest BCUT2D eigenvalue weighted by Crippen LogP contribution is 2.39. The van der Waals surface area contributed by atoms with Crippen molar-refractivity contribution in [3.05, 3.63) is 93.3 Å². The summed E-state index contributed by atoms with van der Waals surface area (Å²) in [7, 11) is 1.56. The maximum absolute atomic E-state index is 13.0. The van der Waals surface area contributed by atoms with Crippen LogP contribution in [0.5, 0.6) is 17.2 Å². The molecule has 1 fully saturated rings. The molecule has 1 amide bonds. The maximum atomic E-state index is 13.0. The summed E-state index contributed by atoms with van der Waals surface area (Å²) in [5.74, 6) is 1.67. The molecule has 0 spiro atoms. The first-order valence-electron chi connectivity index (χ1n) is 12.0. The molecular weight excluding hydrogens is 526 g/mol. The highest BCUT2D eigenvalue weighted by atomic mass is 35.5. The standard InChI is InChI=1S/C29H28ClNO4S2/c1-3-20-10-12-23(13-11-20)34-14-7-15-35-27-24(30)16-22(17-25(27)33-2)18-26-28(32)31(29(36)37-26)19-21-8-5-4-6-9-21/h4-6,8-13,16-18H,3,7,14-15,19H2,1-2H3. The van der Waals surface area contributed by atoms with Crippen LogP contribution in [0.1, 0.15) is 30.0 Å². The third-order valence-electron chi connectivity index (χ3n) is 5.74. The topological polar surface area (TPSA) is 48.0 Å². The number of aryl methyl sites for hydroxylation is 1. The molecule has 0 radical (unpaired) electrons. The molecule has 37 heavy (non-hydrogen) atoms. The second kappa shape index (κ2) is 13.0. The van der Waals surface area contributed by atoms with Gasteiger partial charge in [0.05, 0.1) is 36.8 Å². The van der Waals surface area contributed by atoms with Crippen LogP contribution < -0.4 is 14.2 Å². The lowest BCUT2D eigenvalue weighted by molar-refractivity contribution is -0.122. The van der Waals surface area contributed by atoms with Gasteiger partial charge in [-0.3, -0.25) is 9.69 Å². The summed E-state index contributed by atoms with van der Waals surface area (Å²) in [6.45, 7) is 3.50. The van der Waals surface area contributed by atoms with E-state index in [2.05, 4.69) is 19.1 Å². The molecule has 1 aliphatic heterocycles. The van der Waals surface area contributed by atoms with Crippen molar-refractivity contribution in [1.29, 1.82) is 0 Å². The molecule has 0 N–H and O–H groups in total. The Morgan fingerprint density at radius 3 is 2.43 bits per heavy atom. The van der Waals surface area contributed by atoms with Gasteiger partial charge in [-0.2, -0.15) is 0 Å². The second-order valence-corrected chi connectivity index (χ2v) is 10.4. The van der Waals surface area contributed by atoms with Crippen LogP contribution in [-0.2, 0) is 17.8 Å². The minimum Gasteiger partial charge on any atom is -0.493 e. The summed E-state index contributed by atoms with van der Waals surface area (Å²) in [5.41, 5.74) is 3.03. The SMILES string of the molecule is CCc1ccc(OCCCOc2c(Cl)cc(C=C3SC(=S)N(Cc4ccccc4)C3=O)cc2OC)cc1. The zero-order valence-corrected chi connectivity index (χ0v) is 23.1. The van der Waals surface area contributed by atoms with E-state index in [4.69, 9.17) is 38.0 Å². The number of benzene rings is 3. The van der Waals surface area contributed by atoms with E-state index in [-0.39, 0.29) is 5.91 Å². The molecule has 1 saturated heterocycles. The number of thiocarbonyl (C=S) groups is 1. The van der Waals surface area contributed by atoms with Crippen molar-refractivity contribution in [3.8, 4) is 17.2 Å². The Balaban J connectivity index is 1.36. The van der Waals surface area contributed by atoms with E-state index < -0.39 is 0 Å². The molecule has 192 valence electrons. The highest BCUT2D eigenvalue weighted by molar-refractivity contribution is 8.26. The number of nitrogens with zero attached hydrogens (tertiary/aromatic N) is 1. The van der Waals surface area contributed by atoms with Crippen molar-refractivity contribution in [2.24, 2.45) is 0 Å². The molecule has 0 bridgehead atoms. The van der Waals surface area contributed by atoms with Gasteiger partial charge >= 0.3 is 0 Å². The first kappa shape index (κ1) is 27.0. The van der Waals surface area contributed by atoms with Crippen LogP contribution in [0.4, 0.5) is 0 Å². The van der Waals surface area contributed by atoms with Crippen LogP contribution in [0.3, 0.4) is 0 Å². The van der Waals surface area contributed by atoms with Crippen LogP contribution in [0, 0.1) is 0 Å². The summed E-state index contributed by atoms with van der Waals surface area (Å²) in [6.07, 6.45) is 3.46. The first-order chi connectivity index (χ1) is 18.0. The first-order valence-corrected chi connectivity index (χ1v) is 13.6. The number of halogens is 1. The van der Waals surface area contributed by atoms with Gasteiger partial charge in [0.25, 0.3) is 5.91 Å². The third-order valence-corrected chi connectivity index (χ3v) is 7.40. The lowest BCUT2D eigenvalue weighted by atomic mass is 10.1. The van der Waals surface area contributed by atoms with Gasteiger partial charge in [-0.15, -0.1) is 0 Å². The Kier molecular flexibility index (Phi) is 9.50. The third kappa shape index (κ3) is 7.06. The van der Waals surface area contributed by atoms with E-state index >= 15 is 0 Å². The quantitative estimate of drug-likeness (QED) is 0.143. The van der Waals surface area contributed by atoms with E-state index in [1.165, 1.54) is 17.3 Å². The monoisotopic (exact) mass is 553 g/mol. The van der Waals surface area contributed by atoms with Crippen LogP contribution >= 0.6 is 35.6 Å². The van der Waals surface area contributed by atoms with Gasteiger partial charge in [0, 0.05) is 6.42 Å². The van der Waals surface area contributed by atoms with Crippen molar-refractivity contribution >= 4 is 51.9 Å². The predicted octanol–water partition coefficient (Wildman–Crippen LogP) is 7.16. The summed E-state index contributed by atoms with van der Waals surface area (Å²) < 4.78 is 17.8. The fourth-order valence-corrected chi connectivity index (χ4v) is 5.29. The molecule has 1 heterocycles. The zero-order chi connectivity index (χ0) is 26.2. The van der Waals surface area contributed by atoms with E-state index in [1.807, 2.05) is 42.5 Å². The van der Waals surface area contributed by atoms with Crippen LogP contribution in [0.15, 0.2) is 71.6 Å². The number of thioether (sulfide) groups is 1. The fourth-order valence-electron chi connectivity index (χ4n) is 3.76. The number of hydrogen-bond donors (Lipinski definition) is 0. The largest absolute Gasteiger partial charge is 0.493 e. The number of carbonyl (C=O) groups excluding carboxylic acids is 1. The molecule has 3 aromatic rings. The van der Waals surface area contributed by atoms with E-state index in [0.29, 0.717) is 51.9 Å². The van der Waals surface area contributed by atoms with Gasteiger partial charge in [-0.1, -0.05) is 85.0 Å². The Morgan fingerprint density at radius 1 is 1.00 bits per heavy atom. The molecule has 0 saturated carbocycles. The normalized spacial score (nSPS) is 14.4. The summed E-state index contributed by atoms with van der Waals surface area (Å²) in [5, 5.41) is 0.404. The van der Waals surface area contributed by atoms with E-state index in [9.17, 15) is 4.79 Å². The Hall–Kier alpha value is -3.00. The van der Waals surface area contributed by atoms with Crippen molar-refractivity contribution in [2.45, 2.75) is 26.3 Å². The summed E-state index contributed by atoms with van der Waals surface area (Å²) >= 11 is 13.3. The van der Waals surface area contributed by atoms with Gasteiger partial charge in [0.15, 0.2) is 11.5 Å². The van der Waals surface area contributed by atoms with E-state index in [0.717, 1.165) is 23.3 Å². The van der Waals surface area contributed by atoms with Gasteiger partial charge in [-0.25, -0.2) is 0 Å². The minimum atomic E-state index is -0.126. The lowest BCUT2D eigenvalue weighted by Crippen LogP contribution is -2.27. The zero-order valence-electron chi connectivity index (χ0n) is 20.7. The number of methoxy groups -OCH3 is 1. The van der Waals surface area contributed by atoms with E-state index in [1.54, 1.807) is 30.2 Å². The highest BCUT2D eigenvalue weighted by Gasteiger charge is 2.32. The molecule has 1 aliphatic rings. The molecule has 8 heteroatoms. The van der Waals surface area contributed by atoms with Crippen molar-refractivity contribution in [1.82, 2.24) is 4.90 Å². The number of rotatable bonds is 11. The molecule has 0 atom stereocenters. The number of amides is 1. The van der Waals surface area contributed by atoms with Crippen molar-refractivity contribution in [3.63, 3.8) is 0 Å². The Bertz CT molecular complexity index is 1280. The summed E-state index contributed by atoms with van der Waals surface area (Å²) in [4.78, 5) is 15.2. The second-order valence-electron chi connectivity index (χ2n) is 8.34. The van der Waals surface area contributed by atoms with Crippen molar-refractivity contribution < 1.29 is 19.0 Å². The van der Waals surface area contributed by atoms with Gasteiger partial charge < -0.3 is 14.2 Å². The number of ether oxygens (including phenoxy) is 3. The average Bonchev–Trinajstić information content (AvgIpc) is 3.17. The Morgan fingerprint density at radius 2 is 1.73 bits per heavy atom. The molecule has 0 aliphatic carbocycles. The number of hydrogen-bond acceptors (Lipinski definition) is 6. The van der Waals surface area contributed by atoms with Gasteiger partial charge in [-0.05, 0) is 53.5 Å². The molecule has 3 aromatic carbocycles. The predicted molar refractivity (Wildman–Crippen MR) is 155 cm³/mol. The van der Waals surface area contributed by atoms with Gasteiger partial charge in [0.1, 0.15) is 10.1 Å². The van der Waals surface area contributed by atoms with Crippen LogP contribution in [0.2, 0.25) is 5.02 Å². The van der Waals surface area contributed by atoms with Crippen molar-refractivity contribution in [2.75, 3.05) is 20.3 Å². The summed E-state index contributed by atoms with van der Waals surface area (Å²) in [6, 6.07) is 21.4. The molecule has 0 unspecified atom stereocenters.